The summed E-state index contributed by atoms with van der Waals surface area (Å²) >= 11 is 0. The zero-order valence-corrected chi connectivity index (χ0v) is 18.8. The smallest absolute Gasteiger partial charge is 0.410 e. The Morgan fingerprint density at radius 3 is 2.28 bits per heavy atom. The number of benzene rings is 3. The standard InChI is InChI=1S/C27H30N2O3/c1-21-11-12-25(17-22(21)2)28-13-15-29(16-14-28)27(30)32-20-24-9-6-10-26(18-24)31-19-23-7-4-3-5-8-23/h3-12,17-18H,13-16,19-20H2,1-2H3. The van der Waals surface area contributed by atoms with Crippen molar-refractivity contribution in [1.29, 1.82) is 0 Å². The Balaban J connectivity index is 1.25. The van der Waals surface area contributed by atoms with Gasteiger partial charge in [-0.2, -0.15) is 0 Å². The molecule has 0 unspecified atom stereocenters. The molecule has 32 heavy (non-hydrogen) atoms. The number of anilines is 1. The van der Waals surface area contributed by atoms with E-state index in [1.807, 2.05) is 54.6 Å². The van der Waals surface area contributed by atoms with Gasteiger partial charge >= 0.3 is 6.09 Å². The Bertz CT molecular complexity index is 1040. The number of hydrogen-bond acceptors (Lipinski definition) is 4. The van der Waals surface area contributed by atoms with Crippen LogP contribution in [0.15, 0.2) is 72.8 Å². The van der Waals surface area contributed by atoms with Crippen LogP contribution in [0.5, 0.6) is 5.75 Å². The van der Waals surface area contributed by atoms with Gasteiger partial charge in [0.25, 0.3) is 0 Å². The van der Waals surface area contributed by atoms with E-state index >= 15 is 0 Å². The maximum Gasteiger partial charge on any atom is 0.410 e. The number of rotatable bonds is 6. The second-order valence-corrected chi connectivity index (χ2v) is 8.22. The molecule has 0 aliphatic carbocycles. The molecule has 1 aliphatic heterocycles. The minimum atomic E-state index is -0.264. The van der Waals surface area contributed by atoms with Crippen LogP contribution in [0.1, 0.15) is 22.3 Å². The lowest BCUT2D eigenvalue weighted by Crippen LogP contribution is -2.49. The van der Waals surface area contributed by atoms with Gasteiger partial charge in [0, 0.05) is 31.9 Å². The highest BCUT2D eigenvalue weighted by atomic mass is 16.6. The number of amides is 1. The molecule has 1 saturated heterocycles. The summed E-state index contributed by atoms with van der Waals surface area (Å²) in [5, 5.41) is 0. The van der Waals surface area contributed by atoms with Crippen molar-refractivity contribution in [3.63, 3.8) is 0 Å². The van der Waals surface area contributed by atoms with Crippen molar-refractivity contribution in [3.05, 3.63) is 95.1 Å². The molecule has 1 heterocycles. The average molecular weight is 431 g/mol. The third-order valence-corrected chi connectivity index (χ3v) is 5.90. The van der Waals surface area contributed by atoms with Gasteiger partial charge in [-0.15, -0.1) is 0 Å². The third kappa shape index (κ3) is 5.61. The Morgan fingerprint density at radius 1 is 0.781 bits per heavy atom. The molecule has 5 nitrogen and oxygen atoms in total. The Labute approximate surface area is 190 Å². The van der Waals surface area contributed by atoms with E-state index in [-0.39, 0.29) is 12.7 Å². The van der Waals surface area contributed by atoms with Crippen molar-refractivity contribution in [2.24, 2.45) is 0 Å². The second kappa shape index (κ2) is 10.2. The summed E-state index contributed by atoms with van der Waals surface area (Å²) in [7, 11) is 0. The molecule has 5 heteroatoms. The minimum Gasteiger partial charge on any atom is -0.489 e. The van der Waals surface area contributed by atoms with Gasteiger partial charge < -0.3 is 19.3 Å². The molecule has 3 aromatic carbocycles. The van der Waals surface area contributed by atoms with Crippen LogP contribution >= 0.6 is 0 Å². The number of aryl methyl sites for hydroxylation is 2. The largest absolute Gasteiger partial charge is 0.489 e. The van der Waals surface area contributed by atoms with Crippen LogP contribution in [0.25, 0.3) is 0 Å². The molecule has 0 N–H and O–H groups in total. The molecule has 1 fully saturated rings. The molecule has 1 amide bonds. The van der Waals surface area contributed by atoms with Gasteiger partial charge in [-0.3, -0.25) is 0 Å². The molecule has 0 saturated carbocycles. The summed E-state index contributed by atoms with van der Waals surface area (Å²) in [4.78, 5) is 16.7. The van der Waals surface area contributed by atoms with Crippen LogP contribution in [0.2, 0.25) is 0 Å². The molecular weight excluding hydrogens is 400 g/mol. The van der Waals surface area contributed by atoms with E-state index < -0.39 is 0 Å². The van der Waals surface area contributed by atoms with E-state index in [0.29, 0.717) is 19.7 Å². The van der Waals surface area contributed by atoms with Crippen molar-refractivity contribution in [3.8, 4) is 5.75 Å². The molecule has 1 aliphatic rings. The van der Waals surface area contributed by atoms with Crippen molar-refractivity contribution in [2.45, 2.75) is 27.1 Å². The predicted molar refractivity (Wildman–Crippen MR) is 127 cm³/mol. The lowest BCUT2D eigenvalue weighted by atomic mass is 10.1. The van der Waals surface area contributed by atoms with Crippen LogP contribution in [-0.2, 0) is 18.0 Å². The fraction of sp³-hybridized carbons (Fsp3) is 0.296. The van der Waals surface area contributed by atoms with E-state index in [1.54, 1.807) is 4.90 Å². The number of carbonyl (C=O) groups is 1. The minimum absolute atomic E-state index is 0.235. The van der Waals surface area contributed by atoms with Crippen LogP contribution in [-0.4, -0.2) is 37.2 Å². The van der Waals surface area contributed by atoms with E-state index in [1.165, 1.54) is 16.8 Å². The summed E-state index contributed by atoms with van der Waals surface area (Å²) in [6, 6.07) is 24.3. The Morgan fingerprint density at radius 2 is 1.53 bits per heavy atom. The highest BCUT2D eigenvalue weighted by Gasteiger charge is 2.22. The van der Waals surface area contributed by atoms with Gasteiger partial charge in [-0.05, 0) is 60.4 Å². The molecule has 4 rings (SSSR count). The predicted octanol–water partition coefficient (Wildman–Crippen LogP) is 5.34. The lowest BCUT2D eigenvalue weighted by molar-refractivity contribution is 0.0941. The van der Waals surface area contributed by atoms with Crippen LogP contribution in [0.3, 0.4) is 0 Å². The van der Waals surface area contributed by atoms with E-state index in [4.69, 9.17) is 9.47 Å². The van der Waals surface area contributed by atoms with E-state index in [9.17, 15) is 4.79 Å². The quantitative estimate of drug-likeness (QED) is 0.529. The first-order valence-corrected chi connectivity index (χ1v) is 11.1. The van der Waals surface area contributed by atoms with Gasteiger partial charge in [0.1, 0.15) is 19.0 Å². The summed E-state index contributed by atoms with van der Waals surface area (Å²) in [5.74, 6) is 0.768. The SMILES string of the molecule is Cc1ccc(N2CCN(C(=O)OCc3cccc(OCc4ccccc4)c3)CC2)cc1C. The monoisotopic (exact) mass is 430 g/mol. The molecule has 0 radical (unpaired) electrons. The summed E-state index contributed by atoms with van der Waals surface area (Å²) in [6.07, 6.45) is -0.264. The molecular formula is C27H30N2O3. The van der Waals surface area contributed by atoms with E-state index in [0.717, 1.165) is 30.0 Å². The van der Waals surface area contributed by atoms with Gasteiger partial charge in [0.05, 0.1) is 0 Å². The van der Waals surface area contributed by atoms with Crippen molar-refractivity contribution >= 4 is 11.8 Å². The van der Waals surface area contributed by atoms with Crippen LogP contribution in [0.4, 0.5) is 10.5 Å². The molecule has 166 valence electrons. The van der Waals surface area contributed by atoms with Gasteiger partial charge in [-0.1, -0.05) is 48.5 Å². The number of carbonyl (C=O) groups excluding carboxylic acids is 1. The third-order valence-electron chi connectivity index (χ3n) is 5.90. The number of nitrogens with zero attached hydrogens (tertiary/aromatic N) is 2. The fourth-order valence-electron chi connectivity index (χ4n) is 3.77. The van der Waals surface area contributed by atoms with Crippen molar-refractivity contribution < 1.29 is 14.3 Å². The molecule has 0 atom stereocenters. The van der Waals surface area contributed by atoms with Crippen molar-refractivity contribution in [1.82, 2.24) is 4.90 Å². The summed E-state index contributed by atoms with van der Waals surface area (Å²) < 4.78 is 11.4. The Hall–Kier alpha value is -3.47. The Kier molecular flexibility index (Phi) is 6.95. The molecule has 0 spiro atoms. The average Bonchev–Trinajstić information content (AvgIpc) is 2.84. The normalized spacial score (nSPS) is 13.7. The van der Waals surface area contributed by atoms with Gasteiger partial charge in [-0.25, -0.2) is 4.79 Å². The zero-order chi connectivity index (χ0) is 22.3. The number of hydrogen-bond donors (Lipinski definition) is 0. The second-order valence-electron chi connectivity index (χ2n) is 8.22. The highest BCUT2D eigenvalue weighted by Crippen LogP contribution is 2.21. The fourth-order valence-corrected chi connectivity index (χ4v) is 3.77. The van der Waals surface area contributed by atoms with Gasteiger partial charge in [0.15, 0.2) is 0 Å². The van der Waals surface area contributed by atoms with Gasteiger partial charge in [0.2, 0.25) is 0 Å². The summed E-state index contributed by atoms with van der Waals surface area (Å²) in [6.45, 7) is 7.93. The first-order chi connectivity index (χ1) is 15.6. The number of ether oxygens (including phenoxy) is 2. The first kappa shape index (κ1) is 21.8. The molecule has 0 bridgehead atoms. The highest BCUT2D eigenvalue weighted by molar-refractivity contribution is 5.68. The topological polar surface area (TPSA) is 42.0 Å². The first-order valence-electron chi connectivity index (χ1n) is 11.1. The summed E-state index contributed by atoms with van der Waals surface area (Å²) in [5.41, 5.74) is 5.83. The lowest BCUT2D eigenvalue weighted by Gasteiger charge is -2.35. The maximum atomic E-state index is 12.6. The number of piperazine rings is 1. The van der Waals surface area contributed by atoms with E-state index in [2.05, 4.69) is 36.9 Å². The maximum absolute atomic E-state index is 12.6. The van der Waals surface area contributed by atoms with Crippen LogP contribution < -0.4 is 9.64 Å². The molecule has 3 aromatic rings. The van der Waals surface area contributed by atoms with Crippen LogP contribution in [0, 0.1) is 13.8 Å². The zero-order valence-electron chi connectivity index (χ0n) is 18.8. The van der Waals surface area contributed by atoms with Crippen molar-refractivity contribution in [2.75, 3.05) is 31.1 Å². The molecule has 0 aromatic heterocycles.